The number of hydrogen-bond donors (Lipinski definition) is 1. The van der Waals surface area contributed by atoms with Gasteiger partial charge in [-0.25, -0.2) is 0 Å². The number of fused-ring (bicyclic) bond motifs is 1. The molecule has 0 fully saturated rings. The summed E-state index contributed by atoms with van der Waals surface area (Å²) in [5.74, 6) is 0.0126. The van der Waals surface area contributed by atoms with Gasteiger partial charge in [-0.05, 0) is 48.0 Å². The van der Waals surface area contributed by atoms with Crippen LogP contribution in [0.1, 0.15) is 15.9 Å². The van der Waals surface area contributed by atoms with Crippen LogP contribution in [-0.2, 0) is 0 Å². The molecule has 0 bridgehead atoms. The van der Waals surface area contributed by atoms with Gasteiger partial charge >= 0.3 is 0 Å². The quantitative estimate of drug-likeness (QED) is 0.573. The van der Waals surface area contributed by atoms with Crippen molar-refractivity contribution < 1.29 is 9.90 Å². The first-order valence-corrected chi connectivity index (χ1v) is 7.07. The maximum atomic E-state index is 12.1. The van der Waals surface area contributed by atoms with Crippen molar-refractivity contribution in [3.05, 3.63) is 77.0 Å². The second-order valence-corrected chi connectivity index (χ2v) is 5.21. The Balaban J connectivity index is 1.94. The Hall–Kier alpha value is -2.65. The summed E-state index contributed by atoms with van der Waals surface area (Å²) in [5.41, 5.74) is 1.91. The van der Waals surface area contributed by atoms with Crippen LogP contribution in [0.4, 0.5) is 0 Å². The second-order valence-electron chi connectivity index (χ2n) is 4.78. The molecule has 3 aromatic rings. The van der Waals surface area contributed by atoms with Crippen LogP contribution in [0.5, 0.6) is 5.75 Å². The zero-order valence-corrected chi connectivity index (χ0v) is 12.3. The Morgan fingerprint density at radius 1 is 1.09 bits per heavy atom. The van der Waals surface area contributed by atoms with Gasteiger partial charge in [0.15, 0.2) is 5.78 Å². The summed E-state index contributed by atoms with van der Waals surface area (Å²) in [5, 5.41) is 11.2. The minimum atomic E-state index is -0.109. The number of rotatable bonds is 3. The van der Waals surface area contributed by atoms with Crippen LogP contribution >= 0.6 is 11.6 Å². The summed E-state index contributed by atoms with van der Waals surface area (Å²) >= 11 is 5.81. The number of carbonyl (C=O) groups is 1. The maximum Gasteiger partial charge on any atom is 0.185 e. The highest BCUT2D eigenvalue weighted by Crippen LogP contribution is 2.26. The van der Waals surface area contributed by atoms with Crippen molar-refractivity contribution in [2.45, 2.75) is 0 Å². The van der Waals surface area contributed by atoms with E-state index in [4.69, 9.17) is 11.6 Å². The van der Waals surface area contributed by atoms with Crippen LogP contribution in [0, 0.1) is 0 Å². The summed E-state index contributed by atoms with van der Waals surface area (Å²) in [4.78, 5) is 16.3. The number of allylic oxidation sites excluding steroid dienone is 1. The Morgan fingerprint density at radius 3 is 2.64 bits per heavy atom. The van der Waals surface area contributed by atoms with Crippen molar-refractivity contribution in [1.82, 2.24) is 4.98 Å². The standard InChI is InChI=1S/C18H12ClNO2/c19-14-7-3-13(4-8-14)16(21)9-5-12-6-10-17(22)18-15(12)2-1-11-20-18/h1-11,22H. The topological polar surface area (TPSA) is 50.2 Å². The average Bonchev–Trinajstić information content (AvgIpc) is 2.55. The fourth-order valence-corrected chi connectivity index (χ4v) is 2.33. The van der Waals surface area contributed by atoms with Crippen molar-refractivity contribution in [3.8, 4) is 5.75 Å². The molecule has 0 aliphatic carbocycles. The molecule has 108 valence electrons. The Bertz CT molecular complexity index is 870. The van der Waals surface area contributed by atoms with E-state index in [1.54, 1.807) is 54.7 Å². The van der Waals surface area contributed by atoms with Crippen LogP contribution in [-0.4, -0.2) is 15.9 Å². The number of nitrogens with zero attached hydrogens (tertiary/aromatic N) is 1. The fraction of sp³-hybridized carbons (Fsp3) is 0. The monoisotopic (exact) mass is 309 g/mol. The van der Waals surface area contributed by atoms with Crippen molar-refractivity contribution in [1.29, 1.82) is 0 Å². The SMILES string of the molecule is O=C(C=Cc1ccc(O)c2ncccc12)c1ccc(Cl)cc1. The molecule has 1 N–H and O–H groups in total. The maximum absolute atomic E-state index is 12.1. The minimum absolute atomic E-state index is 0.109. The normalized spacial score (nSPS) is 11.1. The predicted molar refractivity (Wildman–Crippen MR) is 88.2 cm³/mol. The van der Waals surface area contributed by atoms with Crippen LogP contribution in [0.2, 0.25) is 5.02 Å². The molecule has 0 spiro atoms. The molecule has 0 radical (unpaired) electrons. The number of phenols is 1. The first-order valence-electron chi connectivity index (χ1n) is 6.70. The Morgan fingerprint density at radius 2 is 1.86 bits per heavy atom. The minimum Gasteiger partial charge on any atom is -0.506 e. The van der Waals surface area contributed by atoms with E-state index in [0.29, 0.717) is 16.1 Å². The van der Waals surface area contributed by atoms with E-state index in [0.717, 1.165) is 10.9 Å². The lowest BCUT2D eigenvalue weighted by Gasteiger charge is -2.03. The van der Waals surface area contributed by atoms with Gasteiger partial charge in [-0.2, -0.15) is 0 Å². The molecule has 1 aromatic heterocycles. The number of carbonyl (C=O) groups excluding carboxylic acids is 1. The van der Waals surface area contributed by atoms with Gasteiger partial charge in [0.2, 0.25) is 0 Å². The van der Waals surface area contributed by atoms with E-state index < -0.39 is 0 Å². The lowest BCUT2D eigenvalue weighted by atomic mass is 10.1. The molecule has 0 saturated carbocycles. The summed E-state index contributed by atoms with van der Waals surface area (Å²) in [6, 6.07) is 13.7. The first-order chi connectivity index (χ1) is 10.6. The largest absolute Gasteiger partial charge is 0.506 e. The molecular formula is C18H12ClNO2. The predicted octanol–water partition coefficient (Wildman–Crippen LogP) is 4.49. The number of benzene rings is 2. The summed E-state index contributed by atoms with van der Waals surface area (Å²) in [7, 11) is 0. The van der Waals surface area contributed by atoms with E-state index in [-0.39, 0.29) is 11.5 Å². The van der Waals surface area contributed by atoms with Gasteiger partial charge in [-0.3, -0.25) is 9.78 Å². The van der Waals surface area contributed by atoms with Gasteiger partial charge < -0.3 is 5.11 Å². The van der Waals surface area contributed by atoms with Crippen LogP contribution in [0.15, 0.2) is 60.8 Å². The van der Waals surface area contributed by atoms with Crippen LogP contribution < -0.4 is 0 Å². The van der Waals surface area contributed by atoms with Crippen LogP contribution in [0.3, 0.4) is 0 Å². The molecule has 1 heterocycles. The van der Waals surface area contributed by atoms with Gasteiger partial charge in [-0.1, -0.05) is 29.8 Å². The van der Waals surface area contributed by atoms with Crippen molar-refractivity contribution in [2.75, 3.05) is 0 Å². The molecule has 0 aliphatic rings. The molecule has 0 saturated heterocycles. The number of pyridine rings is 1. The zero-order valence-electron chi connectivity index (χ0n) is 11.5. The van der Waals surface area contributed by atoms with Gasteiger partial charge in [0.25, 0.3) is 0 Å². The average molecular weight is 310 g/mol. The van der Waals surface area contributed by atoms with E-state index in [2.05, 4.69) is 4.98 Å². The van der Waals surface area contributed by atoms with Crippen molar-refractivity contribution in [3.63, 3.8) is 0 Å². The van der Waals surface area contributed by atoms with E-state index in [9.17, 15) is 9.90 Å². The van der Waals surface area contributed by atoms with Crippen LogP contribution in [0.25, 0.3) is 17.0 Å². The molecular weight excluding hydrogens is 298 g/mol. The first kappa shape index (κ1) is 14.3. The smallest absolute Gasteiger partial charge is 0.185 e. The molecule has 0 atom stereocenters. The van der Waals surface area contributed by atoms with Gasteiger partial charge in [-0.15, -0.1) is 0 Å². The molecule has 22 heavy (non-hydrogen) atoms. The summed E-state index contributed by atoms with van der Waals surface area (Å²) in [6.07, 6.45) is 4.84. The van der Waals surface area contributed by atoms with Crippen molar-refractivity contribution in [2.24, 2.45) is 0 Å². The third kappa shape index (κ3) is 2.85. The molecule has 0 aliphatic heterocycles. The molecule has 4 heteroatoms. The highest BCUT2D eigenvalue weighted by atomic mass is 35.5. The van der Waals surface area contributed by atoms with E-state index >= 15 is 0 Å². The van der Waals surface area contributed by atoms with Crippen molar-refractivity contribution >= 4 is 34.4 Å². The molecule has 2 aromatic carbocycles. The zero-order chi connectivity index (χ0) is 15.5. The van der Waals surface area contributed by atoms with E-state index in [1.807, 2.05) is 6.07 Å². The number of ketones is 1. The molecule has 3 nitrogen and oxygen atoms in total. The summed E-state index contributed by atoms with van der Waals surface area (Å²) in [6.45, 7) is 0. The van der Waals surface area contributed by atoms with Gasteiger partial charge in [0.1, 0.15) is 11.3 Å². The van der Waals surface area contributed by atoms with E-state index in [1.165, 1.54) is 6.08 Å². The number of aromatic nitrogens is 1. The lowest BCUT2D eigenvalue weighted by molar-refractivity contribution is 0.104. The summed E-state index contributed by atoms with van der Waals surface area (Å²) < 4.78 is 0. The molecule has 0 amide bonds. The third-order valence-corrected chi connectivity index (χ3v) is 3.58. The number of halogens is 1. The second kappa shape index (κ2) is 6.00. The van der Waals surface area contributed by atoms with Gasteiger partial charge in [0, 0.05) is 22.2 Å². The number of phenolic OH excluding ortho intramolecular Hbond substituents is 1. The number of hydrogen-bond acceptors (Lipinski definition) is 3. The molecule has 3 rings (SSSR count). The molecule has 0 unspecified atom stereocenters. The Kier molecular flexibility index (Phi) is 3.90. The number of aromatic hydroxyl groups is 1. The lowest BCUT2D eigenvalue weighted by Crippen LogP contribution is -1.93. The fourth-order valence-electron chi connectivity index (χ4n) is 2.20. The highest BCUT2D eigenvalue weighted by Gasteiger charge is 2.05. The highest BCUT2D eigenvalue weighted by molar-refractivity contribution is 6.30. The third-order valence-electron chi connectivity index (χ3n) is 3.33. The Labute approximate surface area is 132 Å². The van der Waals surface area contributed by atoms with Gasteiger partial charge in [0.05, 0.1) is 0 Å².